The van der Waals surface area contributed by atoms with Gasteiger partial charge in [-0.2, -0.15) is 0 Å². The fraction of sp³-hybridized carbons (Fsp3) is 0.500. The van der Waals surface area contributed by atoms with E-state index in [1.165, 1.54) is 18.9 Å². The molecule has 5 heteroatoms. The molecule has 0 heterocycles. The first-order chi connectivity index (χ1) is 9.08. The number of benzene rings is 1. The molecule has 1 aromatic rings. The van der Waals surface area contributed by atoms with E-state index in [0.29, 0.717) is 14.9 Å². The van der Waals surface area contributed by atoms with Crippen molar-refractivity contribution in [2.24, 2.45) is 0 Å². The van der Waals surface area contributed by atoms with E-state index in [9.17, 15) is 9.18 Å². The zero-order chi connectivity index (χ0) is 13.8. The van der Waals surface area contributed by atoms with Crippen LogP contribution in [0.25, 0.3) is 0 Å². The molecule has 2 rings (SSSR count). The SMILES string of the molecule is O=C(NC1CCCCCC1Br)c1ccc(Br)c(F)c1. The standard InChI is InChI=1S/C14H16Br2FNO/c15-10-7-6-9(8-12(10)17)14(19)18-13-5-3-1-2-4-11(13)16/h6-8,11,13H,1-5H2,(H,18,19). The minimum Gasteiger partial charge on any atom is -0.348 e. The van der Waals surface area contributed by atoms with Gasteiger partial charge in [-0.3, -0.25) is 4.79 Å². The second kappa shape index (κ2) is 6.84. The maximum Gasteiger partial charge on any atom is 0.251 e. The van der Waals surface area contributed by atoms with Gasteiger partial charge in [0.1, 0.15) is 5.82 Å². The summed E-state index contributed by atoms with van der Waals surface area (Å²) in [4.78, 5) is 12.4. The van der Waals surface area contributed by atoms with Gasteiger partial charge in [-0.15, -0.1) is 0 Å². The van der Waals surface area contributed by atoms with Crippen molar-refractivity contribution in [3.8, 4) is 0 Å². The van der Waals surface area contributed by atoms with E-state index in [1.807, 2.05) is 0 Å². The predicted octanol–water partition coefficient (Wildman–Crippen LogP) is 4.41. The molecule has 2 nitrogen and oxygen atoms in total. The van der Waals surface area contributed by atoms with Crippen LogP contribution in [0.15, 0.2) is 22.7 Å². The number of hydrogen-bond donors (Lipinski definition) is 1. The third kappa shape index (κ3) is 4.02. The largest absolute Gasteiger partial charge is 0.348 e. The lowest BCUT2D eigenvalue weighted by Gasteiger charge is -2.21. The van der Waals surface area contributed by atoms with Gasteiger partial charge < -0.3 is 5.32 Å². The summed E-state index contributed by atoms with van der Waals surface area (Å²) in [6.45, 7) is 0. The van der Waals surface area contributed by atoms with Gasteiger partial charge in [0, 0.05) is 16.4 Å². The van der Waals surface area contributed by atoms with Gasteiger partial charge in [-0.05, 0) is 47.0 Å². The topological polar surface area (TPSA) is 29.1 Å². The van der Waals surface area contributed by atoms with Crippen LogP contribution in [0.2, 0.25) is 0 Å². The molecule has 1 aromatic carbocycles. The van der Waals surface area contributed by atoms with Crippen LogP contribution in [-0.2, 0) is 0 Å². The molecule has 1 amide bonds. The van der Waals surface area contributed by atoms with Gasteiger partial charge in [0.05, 0.1) is 4.47 Å². The molecule has 0 bridgehead atoms. The average Bonchev–Trinajstić information content (AvgIpc) is 2.58. The lowest BCUT2D eigenvalue weighted by atomic mass is 10.1. The number of hydrogen-bond acceptors (Lipinski definition) is 1. The van der Waals surface area contributed by atoms with Gasteiger partial charge in [-0.1, -0.05) is 35.2 Å². The Kier molecular flexibility index (Phi) is 5.39. The highest BCUT2D eigenvalue weighted by molar-refractivity contribution is 9.10. The highest BCUT2D eigenvalue weighted by atomic mass is 79.9. The van der Waals surface area contributed by atoms with Crippen LogP contribution in [-0.4, -0.2) is 16.8 Å². The quantitative estimate of drug-likeness (QED) is 0.586. The third-order valence-corrected chi connectivity index (χ3v) is 5.17. The Morgan fingerprint density at radius 2 is 2.00 bits per heavy atom. The number of carbonyl (C=O) groups excluding carboxylic acids is 1. The summed E-state index contributed by atoms with van der Waals surface area (Å²) in [5.41, 5.74) is 0.365. The first-order valence-electron chi connectivity index (χ1n) is 6.48. The monoisotopic (exact) mass is 391 g/mol. The van der Waals surface area contributed by atoms with Crippen LogP contribution in [0.4, 0.5) is 4.39 Å². The first-order valence-corrected chi connectivity index (χ1v) is 8.19. The number of nitrogens with one attached hydrogen (secondary N) is 1. The average molecular weight is 393 g/mol. The fourth-order valence-corrected chi connectivity index (χ4v) is 3.28. The van der Waals surface area contributed by atoms with Crippen molar-refractivity contribution in [2.75, 3.05) is 0 Å². The zero-order valence-corrected chi connectivity index (χ0v) is 13.6. The van der Waals surface area contributed by atoms with Gasteiger partial charge in [-0.25, -0.2) is 4.39 Å². The molecule has 0 aromatic heterocycles. The molecule has 1 fully saturated rings. The molecule has 104 valence electrons. The van der Waals surface area contributed by atoms with Gasteiger partial charge >= 0.3 is 0 Å². The van der Waals surface area contributed by atoms with E-state index in [0.717, 1.165) is 19.3 Å². The number of alkyl halides is 1. The highest BCUT2D eigenvalue weighted by Gasteiger charge is 2.23. The van der Waals surface area contributed by atoms with E-state index >= 15 is 0 Å². The Bertz CT molecular complexity index is 467. The van der Waals surface area contributed by atoms with Crippen LogP contribution in [0.3, 0.4) is 0 Å². The summed E-state index contributed by atoms with van der Waals surface area (Å²) < 4.78 is 13.8. The van der Waals surface area contributed by atoms with Crippen LogP contribution < -0.4 is 5.32 Å². The molecule has 19 heavy (non-hydrogen) atoms. The van der Waals surface area contributed by atoms with E-state index in [1.54, 1.807) is 12.1 Å². The molecular weight excluding hydrogens is 377 g/mol. The Labute approximate surface area is 129 Å². The zero-order valence-electron chi connectivity index (χ0n) is 10.5. The van der Waals surface area contributed by atoms with Crippen LogP contribution >= 0.6 is 31.9 Å². The van der Waals surface area contributed by atoms with Crippen LogP contribution in [0.5, 0.6) is 0 Å². The van der Waals surface area contributed by atoms with Crippen molar-refractivity contribution >= 4 is 37.8 Å². The predicted molar refractivity (Wildman–Crippen MR) is 81.2 cm³/mol. The first kappa shape index (κ1) is 15.0. The number of amides is 1. The molecule has 1 N–H and O–H groups in total. The Balaban J connectivity index is 2.05. The van der Waals surface area contributed by atoms with Gasteiger partial charge in [0.15, 0.2) is 0 Å². The molecule has 2 unspecified atom stereocenters. The van der Waals surface area contributed by atoms with Gasteiger partial charge in [0.2, 0.25) is 0 Å². The lowest BCUT2D eigenvalue weighted by Crippen LogP contribution is -2.40. The van der Waals surface area contributed by atoms with Gasteiger partial charge in [0.25, 0.3) is 5.91 Å². The summed E-state index contributed by atoms with van der Waals surface area (Å²) >= 11 is 6.72. The van der Waals surface area contributed by atoms with Crippen LogP contribution in [0.1, 0.15) is 42.5 Å². The Morgan fingerprint density at radius 1 is 1.26 bits per heavy atom. The molecule has 0 saturated heterocycles. The second-order valence-electron chi connectivity index (χ2n) is 4.86. The molecule has 2 atom stereocenters. The van der Waals surface area contributed by atoms with E-state index in [-0.39, 0.29) is 11.9 Å². The lowest BCUT2D eigenvalue weighted by molar-refractivity contribution is 0.0934. The summed E-state index contributed by atoms with van der Waals surface area (Å²) in [5.74, 6) is -0.619. The normalized spacial score (nSPS) is 23.7. The summed E-state index contributed by atoms with van der Waals surface area (Å²) in [6.07, 6.45) is 5.57. The second-order valence-corrected chi connectivity index (χ2v) is 6.89. The summed E-state index contributed by atoms with van der Waals surface area (Å²) in [6, 6.07) is 4.58. The molecule has 0 spiro atoms. The van der Waals surface area contributed by atoms with Crippen molar-refractivity contribution in [1.29, 1.82) is 0 Å². The van der Waals surface area contributed by atoms with Crippen molar-refractivity contribution < 1.29 is 9.18 Å². The van der Waals surface area contributed by atoms with Crippen LogP contribution in [0, 0.1) is 5.82 Å². The molecule has 0 aliphatic heterocycles. The molecule has 1 aliphatic rings. The Hall–Kier alpha value is -0.420. The van der Waals surface area contributed by atoms with Crippen molar-refractivity contribution in [3.05, 3.63) is 34.1 Å². The summed E-state index contributed by atoms with van der Waals surface area (Å²) in [5, 5.41) is 3.00. The number of halogens is 3. The maximum atomic E-state index is 13.4. The minimum absolute atomic E-state index is 0.127. The van der Waals surface area contributed by atoms with Crippen molar-refractivity contribution in [2.45, 2.75) is 43.0 Å². The van der Waals surface area contributed by atoms with E-state index < -0.39 is 5.82 Å². The Morgan fingerprint density at radius 3 is 2.74 bits per heavy atom. The fourth-order valence-electron chi connectivity index (χ4n) is 2.31. The van der Waals surface area contributed by atoms with Crippen molar-refractivity contribution in [3.63, 3.8) is 0 Å². The van der Waals surface area contributed by atoms with Crippen molar-refractivity contribution in [1.82, 2.24) is 5.32 Å². The minimum atomic E-state index is -0.413. The van der Waals surface area contributed by atoms with E-state index in [2.05, 4.69) is 37.2 Å². The number of carbonyl (C=O) groups is 1. The molecule has 0 radical (unpaired) electrons. The maximum absolute atomic E-state index is 13.4. The molecule has 1 saturated carbocycles. The van der Waals surface area contributed by atoms with E-state index in [4.69, 9.17) is 0 Å². The summed E-state index contributed by atoms with van der Waals surface area (Å²) in [7, 11) is 0. The highest BCUT2D eigenvalue weighted by Crippen LogP contribution is 2.24. The number of rotatable bonds is 2. The molecule has 1 aliphatic carbocycles. The third-order valence-electron chi connectivity index (χ3n) is 3.43. The smallest absolute Gasteiger partial charge is 0.251 e. The molecular formula is C14H16Br2FNO.